The van der Waals surface area contributed by atoms with Gasteiger partial charge in [-0.1, -0.05) is 24.3 Å². The highest BCUT2D eigenvalue weighted by atomic mass is 16.5. The molecule has 0 radical (unpaired) electrons. The lowest BCUT2D eigenvalue weighted by atomic mass is 10.0. The lowest BCUT2D eigenvalue weighted by Gasteiger charge is -2.24. The highest BCUT2D eigenvalue weighted by Crippen LogP contribution is 2.30. The number of hydrogen-bond acceptors (Lipinski definition) is 5. The topological polar surface area (TPSA) is 77.4 Å². The lowest BCUT2D eigenvalue weighted by molar-refractivity contribution is 0.414. The molecule has 0 amide bonds. The Bertz CT molecular complexity index is 956. The van der Waals surface area contributed by atoms with Crippen molar-refractivity contribution in [2.45, 2.75) is 25.4 Å². The van der Waals surface area contributed by atoms with Gasteiger partial charge in [-0.15, -0.1) is 0 Å². The van der Waals surface area contributed by atoms with Crippen LogP contribution in [0.15, 0.2) is 48.5 Å². The normalized spacial score (nSPS) is 15.3. The van der Waals surface area contributed by atoms with Gasteiger partial charge in [0.15, 0.2) is 0 Å². The van der Waals surface area contributed by atoms with Gasteiger partial charge in [0, 0.05) is 31.1 Å². The lowest BCUT2D eigenvalue weighted by Crippen LogP contribution is -2.25. The minimum Gasteiger partial charge on any atom is -0.497 e. The minimum atomic E-state index is -0.198. The maximum Gasteiger partial charge on any atom is 0.129 e. The zero-order valence-corrected chi connectivity index (χ0v) is 15.7. The molecule has 0 aliphatic carbocycles. The molecule has 3 aromatic rings. The molecular weight excluding hydrogens is 336 g/mol. The molecule has 1 aliphatic rings. The molecule has 27 heavy (non-hydrogen) atoms. The molecule has 2 heterocycles. The Morgan fingerprint density at radius 2 is 2.00 bits per heavy atom. The van der Waals surface area contributed by atoms with Crippen molar-refractivity contribution < 1.29 is 4.74 Å². The third kappa shape index (κ3) is 3.48. The number of fused-ring (bicyclic) bond motifs is 2. The van der Waals surface area contributed by atoms with Gasteiger partial charge in [-0.05, 0) is 53.8 Å². The highest BCUT2D eigenvalue weighted by Gasteiger charge is 2.19. The first kappa shape index (κ1) is 17.8. The summed E-state index contributed by atoms with van der Waals surface area (Å²) < 4.78 is 5.42. The number of anilines is 1. The van der Waals surface area contributed by atoms with Crippen LogP contribution >= 0.6 is 0 Å². The van der Waals surface area contributed by atoms with Gasteiger partial charge in [0.2, 0.25) is 0 Å². The predicted octanol–water partition coefficient (Wildman–Crippen LogP) is 3.15. The number of nitrogens with zero attached hydrogens (tertiary/aromatic N) is 2. The maximum atomic E-state index is 6.32. The van der Waals surface area contributed by atoms with Crippen molar-refractivity contribution >= 4 is 16.7 Å². The van der Waals surface area contributed by atoms with Gasteiger partial charge < -0.3 is 21.1 Å². The summed E-state index contributed by atoms with van der Waals surface area (Å²) in [6.45, 7) is 2.18. The van der Waals surface area contributed by atoms with Crippen LogP contribution in [-0.4, -0.2) is 25.2 Å². The van der Waals surface area contributed by atoms with Crippen LogP contribution in [0.5, 0.6) is 5.75 Å². The Morgan fingerprint density at radius 1 is 1.15 bits per heavy atom. The van der Waals surface area contributed by atoms with E-state index in [1.165, 1.54) is 11.1 Å². The van der Waals surface area contributed by atoms with Gasteiger partial charge in [-0.3, -0.25) is 0 Å². The van der Waals surface area contributed by atoms with Crippen LogP contribution in [-0.2, 0) is 13.0 Å². The largest absolute Gasteiger partial charge is 0.497 e. The molecule has 1 unspecified atom stereocenters. The Hall–Kier alpha value is -2.63. The summed E-state index contributed by atoms with van der Waals surface area (Å²) in [6, 6.07) is 16.4. The summed E-state index contributed by atoms with van der Waals surface area (Å²) in [5, 5.41) is 1.08. The molecule has 140 valence electrons. The van der Waals surface area contributed by atoms with Crippen LogP contribution in [0.4, 0.5) is 5.82 Å². The molecule has 0 bridgehead atoms. The predicted molar refractivity (Wildman–Crippen MR) is 110 cm³/mol. The molecule has 0 saturated heterocycles. The standard InChI is InChI=1S/C22H26N4O/c1-27-17-9-8-15-5-4-10-26(14-16(15)11-17)22-12-19(20(24)13-23)18-6-2-3-7-21(18)25-22/h2-3,6-9,11-12,20H,4-5,10,13-14,23-24H2,1H3. The number of aryl methyl sites for hydroxylation is 1. The van der Waals surface area contributed by atoms with E-state index in [0.717, 1.165) is 54.0 Å². The van der Waals surface area contributed by atoms with Crippen molar-refractivity contribution in [3.8, 4) is 5.75 Å². The number of nitrogens with two attached hydrogens (primary N) is 2. The maximum absolute atomic E-state index is 6.32. The second-order valence-electron chi connectivity index (χ2n) is 7.09. The number of methoxy groups -OCH3 is 1. The molecule has 0 saturated carbocycles. The molecule has 1 aromatic heterocycles. The molecule has 0 fully saturated rings. The Morgan fingerprint density at radius 3 is 2.81 bits per heavy atom. The molecule has 5 heteroatoms. The molecule has 1 atom stereocenters. The quantitative estimate of drug-likeness (QED) is 0.745. The first-order valence-electron chi connectivity index (χ1n) is 9.45. The van der Waals surface area contributed by atoms with Gasteiger partial charge in [0.05, 0.1) is 12.6 Å². The SMILES string of the molecule is COc1ccc2c(c1)CN(c1cc(C(N)CN)c3ccccc3n1)CCC2. The van der Waals surface area contributed by atoms with E-state index in [1.807, 2.05) is 24.3 Å². The van der Waals surface area contributed by atoms with Crippen LogP contribution in [0.2, 0.25) is 0 Å². The van der Waals surface area contributed by atoms with Crippen LogP contribution in [0, 0.1) is 0 Å². The van der Waals surface area contributed by atoms with E-state index in [4.69, 9.17) is 21.2 Å². The summed E-state index contributed by atoms with van der Waals surface area (Å²) >= 11 is 0. The number of para-hydroxylation sites is 1. The third-order valence-electron chi connectivity index (χ3n) is 5.36. The summed E-state index contributed by atoms with van der Waals surface area (Å²) in [7, 11) is 1.71. The molecule has 4 rings (SSSR count). The van der Waals surface area contributed by atoms with E-state index in [9.17, 15) is 0 Å². The molecular formula is C22H26N4O. The average molecular weight is 362 g/mol. The van der Waals surface area contributed by atoms with Crippen molar-refractivity contribution in [1.29, 1.82) is 0 Å². The van der Waals surface area contributed by atoms with Crippen LogP contribution in [0.3, 0.4) is 0 Å². The Kier molecular flexibility index (Phi) is 4.97. The smallest absolute Gasteiger partial charge is 0.129 e. The fourth-order valence-electron chi connectivity index (χ4n) is 3.84. The van der Waals surface area contributed by atoms with Gasteiger partial charge in [-0.25, -0.2) is 4.98 Å². The van der Waals surface area contributed by atoms with Gasteiger partial charge >= 0.3 is 0 Å². The number of hydrogen-bond donors (Lipinski definition) is 2. The van der Waals surface area contributed by atoms with Crippen LogP contribution < -0.4 is 21.1 Å². The molecule has 0 spiro atoms. The molecule has 5 nitrogen and oxygen atoms in total. The van der Waals surface area contributed by atoms with Crippen molar-refractivity contribution in [2.75, 3.05) is 25.1 Å². The fourth-order valence-corrected chi connectivity index (χ4v) is 3.84. The first-order valence-corrected chi connectivity index (χ1v) is 9.45. The van der Waals surface area contributed by atoms with Crippen molar-refractivity contribution in [3.05, 3.63) is 65.2 Å². The van der Waals surface area contributed by atoms with E-state index >= 15 is 0 Å². The monoisotopic (exact) mass is 362 g/mol. The van der Waals surface area contributed by atoms with E-state index in [-0.39, 0.29) is 6.04 Å². The fraction of sp³-hybridized carbons (Fsp3) is 0.318. The van der Waals surface area contributed by atoms with E-state index in [2.05, 4.69) is 29.2 Å². The zero-order chi connectivity index (χ0) is 18.8. The zero-order valence-electron chi connectivity index (χ0n) is 15.7. The summed E-state index contributed by atoms with van der Waals surface area (Å²) in [6.07, 6.45) is 2.16. The van der Waals surface area contributed by atoms with E-state index in [0.29, 0.717) is 6.54 Å². The molecule has 1 aliphatic heterocycles. The van der Waals surface area contributed by atoms with Gasteiger partial charge in [0.1, 0.15) is 11.6 Å². The van der Waals surface area contributed by atoms with Crippen molar-refractivity contribution in [1.82, 2.24) is 4.98 Å². The number of benzene rings is 2. The van der Waals surface area contributed by atoms with E-state index in [1.54, 1.807) is 7.11 Å². The number of rotatable bonds is 4. The second-order valence-corrected chi connectivity index (χ2v) is 7.09. The third-order valence-corrected chi connectivity index (χ3v) is 5.36. The van der Waals surface area contributed by atoms with Crippen molar-refractivity contribution in [2.24, 2.45) is 11.5 Å². The Balaban J connectivity index is 1.77. The first-order chi connectivity index (χ1) is 13.2. The summed E-state index contributed by atoms with van der Waals surface area (Å²) in [5.41, 5.74) is 16.9. The molecule has 2 aromatic carbocycles. The summed E-state index contributed by atoms with van der Waals surface area (Å²) in [5.74, 6) is 1.86. The minimum absolute atomic E-state index is 0.198. The second kappa shape index (κ2) is 7.55. The Labute approximate surface area is 159 Å². The average Bonchev–Trinajstić information content (AvgIpc) is 2.94. The van der Waals surface area contributed by atoms with Gasteiger partial charge in [0.25, 0.3) is 0 Å². The van der Waals surface area contributed by atoms with E-state index < -0.39 is 0 Å². The number of pyridine rings is 1. The highest BCUT2D eigenvalue weighted by molar-refractivity contribution is 5.84. The van der Waals surface area contributed by atoms with Crippen LogP contribution in [0.1, 0.15) is 29.2 Å². The van der Waals surface area contributed by atoms with Crippen LogP contribution in [0.25, 0.3) is 10.9 Å². The number of aromatic nitrogens is 1. The van der Waals surface area contributed by atoms with Crippen molar-refractivity contribution in [3.63, 3.8) is 0 Å². The summed E-state index contributed by atoms with van der Waals surface area (Å²) in [4.78, 5) is 7.27. The van der Waals surface area contributed by atoms with Gasteiger partial charge in [-0.2, -0.15) is 0 Å². The number of ether oxygens (including phenoxy) is 1. The molecule has 4 N–H and O–H groups in total.